The second kappa shape index (κ2) is 7.33. The summed E-state index contributed by atoms with van der Waals surface area (Å²) in [6.07, 6.45) is 0. The maximum atomic E-state index is 9.64. The average molecular weight is 144 g/mol. The van der Waals surface area contributed by atoms with Crippen molar-refractivity contribution >= 4 is 69.3 Å². The molecule has 0 aliphatic heterocycles. The fraction of sp³-hybridized carbons (Fsp3) is 0.667. The van der Waals surface area contributed by atoms with Crippen LogP contribution in [0.15, 0.2) is 0 Å². The average Bonchev–Trinajstić information content (AvgIpc) is 1.35. The maximum Gasteiger partial charge on any atom is 0.184 e. The van der Waals surface area contributed by atoms with Crippen LogP contribution < -0.4 is 0 Å². The van der Waals surface area contributed by atoms with E-state index in [1.807, 2.05) is 0 Å². The summed E-state index contributed by atoms with van der Waals surface area (Å²) in [6.45, 7) is 2.09. The Balaban J connectivity index is 0. The fourth-order valence-electron chi connectivity index (χ4n) is 0.118. The van der Waals surface area contributed by atoms with Crippen LogP contribution >= 0.6 is 0 Å². The zero-order valence-corrected chi connectivity index (χ0v) is 8.37. The van der Waals surface area contributed by atoms with Gasteiger partial charge in [-0.2, -0.15) is 0 Å². The molecule has 0 rings (SSSR count). The van der Waals surface area contributed by atoms with E-state index in [-0.39, 0.29) is 51.4 Å². The van der Waals surface area contributed by atoms with Gasteiger partial charge in [0, 0.05) is 51.4 Å². The van der Waals surface area contributed by atoms with Gasteiger partial charge < -0.3 is 17.4 Å². The molecule has 0 aliphatic carbocycles. The summed E-state index contributed by atoms with van der Waals surface area (Å²) in [5.41, 5.74) is 0. The van der Waals surface area contributed by atoms with E-state index in [1.165, 1.54) is 0 Å². The minimum atomic E-state index is -0.627. The van der Waals surface area contributed by atoms with Gasteiger partial charge in [-0.3, -0.25) is 4.79 Å². The summed E-state index contributed by atoms with van der Waals surface area (Å²) in [7, 11) is 0. The molecule has 0 aromatic carbocycles. The normalized spacial score (nSPS) is 6.43. The van der Waals surface area contributed by atoms with E-state index in [9.17, 15) is 4.79 Å². The van der Waals surface area contributed by atoms with Gasteiger partial charge in [0.1, 0.15) is 0 Å². The molecular weight excluding hydrogens is 139 g/mol. The van der Waals surface area contributed by atoms with Crippen LogP contribution in [-0.2, 0) is 17.4 Å². The first kappa shape index (κ1) is 11.2. The van der Waals surface area contributed by atoms with E-state index in [1.54, 1.807) is 6.92 Å². The van der Waals surface area contributed by atoms with Gasteiger partial charge in [-0.1, -0.05) is 0 Å². The van der Waals surface area contributed by atoms with Crippen LogP contribution in [0.2, 0.25) is 0 Å². The van der Waals surface area contributed by atoms with E-state index in [4.69, 9.17) is 0 Å². The number of carbonyl (C=O) groups is 1. The van der Waals surface area contributed by atoms with Gasteiger partial charge in [-0.05, 0) is 6.92 Å². The Hall–Kier alpha value is 1.33. The van der Waals surface area contributed by atoms with Crippen LogP contribution in [0.5, 0.6) is 0 Å². The van der Waals surface area contributed by atoms with Gasteiger partial charge in [-0.15, -0.1) is 0 Å². The molecule has 4 heteroatoms. The number of hydrogen-bond acceptors (Lipinski definition) is 3. The van der Waals surface area contributed by atoms with E-state index < -0.39 is 5.30 Å². The van der Waals surface area contributed by atoms with Crippen molar-refractivity contribution < 1.29 is 9.53 Å². The SMILES string of the molecule is CCOC(=O)[S-].[K]. The number of hydrogen-bond donors (Lipinski definition) is 0. The Morgan fingerprint density at radius 2 is 2.29 bits per heavy atom. The van der Waals surface area contributed by atoms with E-state index in [0.717, 1.165) is 0 Å². The van der Waals surface area contributed by atoms with Gasteiger partial charge >= 0.3 is 0 Å². The second-order valence-electron chi connectivity index (χ2n) is 0.683. The van der Waals surface area contributed by atoms with Crippen molar-refractivity contribution in [2.75, 3.05) is 6.61 Å². The molecule has 7 heavy (non-hydrogen) atoms. The minimum absolute atomic E-state index is 0. The van der Waals surface area contributed by atoms with Crippen molar-refractivity contribution in [3.8, 4) is 0 Å². The van der Waals surface area contributed by atoms with E-state index in [0.29, 0.717) is 6.61 Å². The van der Waals surface area contributed by atoms with Gasteiger partial charge in [0.2, 0.25) is 0 Å². The van der Waals surface area contributed by atoms with Crippen molar-refractivity contribution in [2.45, 2.75) is 6.92 Å². The van der Waals surface area contributed by atoms with Crippen LogP contribution in [0.4, 0.5) is 4.79 Å². The smallest absolute Gasteiger partial charge is 0.184 e. The Morgan fingerprint density at radius 3 is 2.29 bits per heavy atom. The number of carbonyl (C=O) groups excluding carboxylic acids is 1. The van der Waals surface area contributed by atoms with Gasteiger partial charge in [0.05, 0.1) is 6.61 Å². The van der Waals surface area contributed by atoms with E-state index in [2.05, 4.69) is 17.4 Å². The maximum absolute atomic E-state index is 9.64. The van der Waals surface area contributed by atoms with Crippen molar-refractivity contribution in [3.05, 3.63) is 0 Å². The van der Waals surface area contributed by atoms with Gasteiger partial charge in [-0.25, -0.2) is 0 Å². The van der Waals surface area contributed by atoms with Crippen LogP contribution in [0.3, 0.4) is 0 Å². The minimum Gasteiger partial charge on any atom is -0.698 e. The molecule has 0 bridgehead atoms. The van der Waals surface area contributed by atoms with Gasteiger partial charge in [0.15, 0.2) is 5.30 Å². The Kier molecular flexibility index (Phi) is 11.7. The fourth-order valence-corrected chi connectivity index (χ4v) is 0.236. The molecule has 0 aliphatic rings. The van der Waals surface area contributed by atoms with Crippen LogP contribution in [0, 0.1) is 0 Å². The molecule has 1 radical (unpaired) electrons. The zero-order chi connectivity index (χ0) is 4.99. The molecule has 0 aromatic heterocycles. The first-order valence-corrected chi connectivity index (χ1v) is 2.02. The molecule has 0 heterocycles. The molecule has 0 fully saturated rings. The third-order valence-corrected chi connectivity index (χ3v) is 0.380. The van der Waals surface area contributed by atoms with E-state index >= 15 is 0 Å². The summed E-state index contributed by atoms with van der Waals surface area (Å²) in [5.74, 6) is 0. The first-order valence-electron chi connectivity index (χ1n) is 1.61. The van der Waals surface area contributed by atoms with Crippen molar-refractivity contribution in [3.63, 3.8) is 0 Å². The number of rotatable bonds is 1. The molecule has 0 spiro atoms. The molecule has 0 amide bonds. The summed E-state index contributed by atoms with van der Waals surface area (Å²) < 4.78 is 4.22. The third kappa shape index (κ3) is 11.1. The molecule has 2 nitrogen and oxygen atoms in total. The Labute approximate surface area is 90.8 Å². The quantitative estimate of drug-likeness (QED) is 0.301. The predicted octanol–water partition coefficient (Wildman–Crippen LogP) is 0.309. The summed E-state index contributed by atoms with van der Waals surface area (Å²) in [5, 5.41) is -0.627. The first-order chi connectivity index (χ1) is 2.77. The van der Waals surface area contributed by atoms with Crippen LogP contribution in [0.25, 0.3) is 0 Å². The Bertz CT molecular complexity index is 56.9. The monoisotopic (exact) mass is 144 g/mol. The molecule has 37 valence electrons. The second-order valence-corrected chi connectivity index (χ2v) is 1.02. The summed E-state index contributed by atoms with van der Waals surface area (Å²) in [4.78, 5) is 9.64. The number of ether oxygens (including phenoxy) is 1. The van der Waals surface area contributed by atoms with Gasteiger partial charge in [0.25, 0.3) is 0 Å². The molecule has 0 unspecified atom stereocenters. The van der Waals surface area contributed by atoms with Crippen molar-refractivity contribution in [1.29, 1.82) is 0 Å². The van der Waals surface area contributed by atoms with Crippen molar-refractivity contribution in [1.82, 2.24) is 0 Å². The predicted molar refractivity (Wildman–Crippen MR) is 30.1 cm³/mol. The van der Waals surface area contributed by atoms with Crippen molar-refractivity contribution in [2.24, 2.45) is 0 Å². The molecule has 0 aromatic rings. The topological polar surface area (TPSA) is 26.3 Å². The molecule has 0 saturated carbocycles. The zero-order valence-electron chi connectivity index (χ0n) is 4.43. The van der Waals surface area contributed by atoms with Crippen LogP contribution in [0.1, 0.15) is 6.92 Å². The summed E-state index contributed by atoms with van der Waals surface area (Å²) >= 11 is 4.02. The molecule has 0 saturated heterocycles. The third-order valence-electron chi connectivity index (χ3n) is 0.262. The summed E-state index contributed by atoms with van der Waals surface area (Å²) in [6, 6.07) is 0. The standard InChI is InChI=1S/C3H6O2S.K/c1-2-5-3(4)6;/h2H2,1H3,(H,4,6);/p-1. The largest absolute Gasteiger partial charge is 0.698 e. The molecular formula is C3H5KO2S-. The molecule has 0 atom stereocenters. The Morgan fingerprint density at radius 1 is 1.86 bits per heavy atom. The van der Waals surface area contributed by atoms with Crippen LogP contribution in [-0.4, -0.2) is 63.3 Å². The molecule has 0 N–H and O–H groups in total.